The van der Waals surface area contributed by atoms with Gasteiger partial charge in [0.15, 0.2) is 16.7 Å². The number of benzene rings is 1. The van der Waals surface area contributed by atoms with Gasteiger partial charge >= 0.3 is 11.9 Å². The van der Waals surface area contributed by atoms with Crippen molar-refractivity contribution in [2.45, 2.75) is 20.3 Å². The molecule has 0 radical (unpaired) electrons. The van der Waals surface area contributed by atoms with Crippen molar-refractivity contribution >= 4 is 52.1 Å². The molecule has 0 spiro atoms. The summed E-state index contributed by atoms with van der Waals surface area (Å²) < 4.78 is 10.2. The molecule has 1 aliphatic heterocycles. The van der Waals surface area contributed by atoms with Crippen LogP contribution in [0.3, 0.4) is 0 Å². The predicted molar refractivity (Wildman–Crippen MR) is 122 cm³/mol. The Bertz CT molecular complexity index is 1010. The average Bonchev–Trinajstić information content (AvgIpc) is 2.96. The zero-order valence-electron chi connectivity index (χ0n) is 17.3. The highest BCUT2D eigenvalue weighted by Gasteiger charge is 2.30. The number of thioether (sulfide) groups is 1. The lowest BCUT2D eigenvalue weighted by atomic mass is 10.2. The number of carbonyl (C=O) groups excluding carboxylic acids is 3. The zero-order chi connectivity index (χ0) is 23.0. The van der Waals surface area contributed by atoms with Crippen LogP contribution in [-0.4, -0.2) is 35.0 Å². The molecule has 1 amide bonds. The monoisotopic (exact) mass is 460 g/mol. The number of aliphatic imine (C=N–C) groups is 1. The maximum atomic E-state index is 12.5. The number of allylic oxidation sites excluding steroid dienone is 4. The number of likely N-dealkylation sites (N-methyl/N-ethyl adjacent to an activating group) is 1. The number of hydrogen-bond donors (Lipinski definition) is 0. The molecule has 1 heterocycles. The van der Waals surface area contributed by atoms with Crippen LogP contribution in [0, 0.1) is 0 Å². The number of halogens is 1. The summed E-state index contributed by atoms with van der Waals surface area (Å²) in [7, 11) is 1.64. The molecule has 0 bridgehead atoms. The number of amidine groups is 1. The number of nitrogens with zero attached hydrogens (tertiary/aromatic N) is 2. The molecule has 0 aromatic heterocycles. The van der Waals surface area contributed by atoms with Crippen LogP contribution in [-0.2, 0) is 23.9 Å². The SMILES string of the molecule is C=C/C=C(OC(C)=O)\C(=C/C/C=C1\SC(=Nc2ccc(Cl)cc2)N(C)C1=O)OC(C)=O. The van der Waals surface area contributed by atoms with Crippen molar-refractivity contribution in [2.24, 2.45) is 4.99 Å². The van der Waals surface area contributed by atoms with E-state index in [9.17, 15) is 14.4 Å². The fourth-order valence-corrected chi connectivity index (χ4v) is 3.46. The molecular formula is C22H21ClN2O5S. The summed E-state index contributed by atoms with van der Waals surface area (Å²) in [5.41, 5.74) is 0.672. The van der Waals surface area contributed by atoms with Crippen LogP contribution < -0.4 is 0 Å². The molecule has 1 aliphatic rings. The molecule has 2 rings (SSSR count). The van der Waals surface area contributed by atoms with E-state index in [1.165, 1.54) is 48.7 Å². The van der Waals surface area contributed by atoms with E-state index in [4.69, 9.17) is 21.1 Å². The van der Waals surface area contributed by atoms with E-state index in [2.05, 4.69) is 11.6 Å². The van der Waals surface area contributed by atoms with Crippen molar-refractivity contribution in [3.05, 3.63) is 76.6 Å². The fraction of sp³-hybridized carbons (Fsp3) is 0.182. The summed E-state index contributed by atoms with van der Waals surface area (Å²) in [6.45, 7) is 6.02. The zero-order valence-corrected chi connectivity index (χ0v) is 18.8. The quantitative estimate of drug-likeness (QED) is 0.249. The molecule has 7 nitrogen and oxygen atoms in total. The summed E-state index contributed by atoms with van der Waals surface area (Å²) in [6.07, 6.45) is 6.27. The first-order valence-electron chi connectivity index (χ1n) is 9.11. The Kier molecular flexibility index (Phi) is 8.84. The van der Waals surface area contributed by atoms with Gasteiger partial charge < -0.3 is 9.47 Å². The average molecular weight is 461 g/mol. The lowest BCUT2D eigenvalue weighted by Crippen LogP contribution is -2.23. The molecule has 1 fully saturated rings. The van der Waals surface area contributed by atoms with Gasteiger partial charge in [0, 0.05) is 25.9 Å². The molecule has 9 heteroatoms. The summed E-state index contributed by atoms with van der Waals surface area (Å²) in [6, 6.07) is 6.95. The van der Waals surface area contributed by atoms with Crippen LogP contribution >= 0.6 is 23.4 Å². The molecule has 0 N–H and O–H groups in total. The number of hydrogen-bond acceptors (Lipinski definition) is 7. The van der Waals surface area contributed by atoms with Gasteiger partial charge in [0.25, 0.3) is 5.91 Å². The van der Waals surface area contributed by atoms with Gasteiger partial charge in [-0.05, 0) is 54.6 Å². The molecule has 0 atom stereocenters. The van der Waals surface area contributed by atoms with Crippen LogP contribution in [0.15, 0.2) is 76.6 Å². The second-order valence-corrected chi connectivity index (χ2v) is 7.61. The van der Waals surface area contributed by atoms with Crippen molar-refractivity contribution < 1.29 is 23.9 Å². The molecule has 162 valence electrons. The van der Waals surface area contributed by atoms with Crippen molar-refractivity contribution in [2.75, 3.05) is 7.05 Å². The van der Waals surface area contributed by atoms with E-state index < -0.39 is 11.9 Å². The largest absolute Gasteiger partial charge is 0.423 e. The topological polar surface area (TPSA) is 85.3 Å². The third-order valence-electron chi connectivity index (χ3n) is 3.68. The fourth-order valence-electron chi connectivity index (χ4n) is 2.36. The second kappa shape index (κ2) is 11.3. The van der Waals surface area contributed by atoms with Crippen molar-refractivity contribution in [3.63, 3.8) is 0 Å². The van der Waals surface area contributed by atoms with Gasteiger partial charge in [-0.15, -0.1) is 0 Å². The number of rotatable bonds is 7. The van der Waals surface area contributed by atoms with E-state index in [-0.39, 0.29) is 23.8 Å². The predicted octanol–water partition coefficient (Wildman–Crippen LogP) is 4.89. The summed E-state index contributed by atoms with van der Waals surface area (Å²) in [4.78, 5) is 41.7. The Morgan fingerprint density at radius 1 is 1.16 bits per heavy atom. The molecular weight excluding hydrogens is 440 g/mol. The van der Waals surface area contributed by atoms with Crippen molar-refractivity contribution in [1.29, 1.82) is 0 Å². The molecule has 0 saturated carbocycles. The maximum Gasteiger partial charge on any atom is 0.308 e. The standard InChI is InChI=1S/C22H21ClN2O5S/c1-5-7-18(29-14(2)26)19(30-15(3)27)8-6-9-20-21(28)25(4)22(31-20)24-17-12-10-16(23)11-13-17/h5,7-13H,1,6H2,2-4H3/b18-7+,19-8+,20-9-,24-22?. The van der Waals surface area contributed by atoms with Gasteiger partial charge in [-0.3, -0.25) is 19.3 Å². The van der Waals surface area contributed by atoms with Gasteiger partial charge in [-0.1, -0.05) is 30.3 Å². The first-order chi connectivity index (χ1) is 14.7. The van der Waals surface area contributed by atoms with Gasteiger partial charge in [0.2, 0.25) is 0 Å². The maximum absolute atomic E-state index is 12.5. The van der Waals surface area contributed by atoms with E-state index in [0.29, 0.717) is 20.8 Å². The molecule has 31 heavy (non-hydrogen) atoms. The normalized spacial score (nSPS) is 17.3. The highest BCUT2D eigenvalue weighted by molar-refractivity contribution is 8.18. The van der Waals surface area contributed by atoms with E-state index in [1.54, 1.807) is 37.4 Å². The molecule has 0 aliphatic carbocycles. The lowest BCUT2D eigenvalue weighted by molar-refractivity contribution is -0.141. The minimum absolute atomic E-state index is 0.0450. The minimum Gasteiger partial charge on any atom is -0.423 e. The summed E-state index contributed by atoms with van der Waals surface area (Å²) >= 11 is 7.11. The minimum atomic E-state index is -0.579. The summed E-state index contributed by atoms with van der Waals surface area (Å²) in [5.74, 6) is -1.26. The number of carbonyl (C=O) groups is 3. The third kappa shape index (κ3) is 7.27. The van der Waals surface area contributed by atoms with Gasteiger partial charge in [-0.25, -0.2) is 4.99 Å². The first-order valence-corrected chi connectivity index (χ1v) is 10.3. The lowest BCUT2D eigenvalue weighted by Gasteiger charge is -2.10. The molecule has 0 unspecified atom stereocenters. The smallest absolute Gasteiger partial charge is 0.308 e. The third-order valence-corrected chi connectivity index (χ3v) is 5.04. The Balaban J connectivity index is 2.23. The molecule has 1 aromatic carbocycles. The number of amides is 1. The number of ether oxygens (including phenoxy) is 2. The Morgan fingerprint density at radius 3 is 2.35 bits per heavy atom. The van der Waals surface area contributed by atoms with E-state index in [1.807, 2.05) is 0 Å². The number of esters is 2. The van der Waals surface area contributed by atoms with Crippen LogP contribution in [0.1, 0.15) is 20.3 Å². The van der Waals surface area contributed by atoms with Crippen LogP contribution in [0.5, 0.6) is 0 Å². The Morgan fingerprint density at radius 2 is 1.77 bits per heavy atom. The second-order valence-electron chi connectivity index (χ2n) is 6.16. The van der Waals surface area contributed by atoms with Crippen molar-refractivity contribution in [3.8, 4) is 0 Å². The summed E-state index contributed by atoms with van der Waals surface area (Å²) in [5, 5.41) is 1.12. The van der Waals surface area contributed by atoms with E-state index in [0.717, 1.165) is 0 Å². The molecule has 1 aromatic rings. The van der Waals surface area contributed by atoms with E-state index >= 15 is 0 Å². The van der Waals surface area contributed by atoms with Gasteiger partial charge in [-0.2, -0.15) is 0 Å². The highest BCUT2D eigenvalue weighted by atomic mass is 35.5. The van der Waals surface area contributed by atoms with Gasteiger partial charge in [0.1, 0.15) is 0 Å². The van der Waals surface area contributed by atoms with Crippen LogP contribution in [0.25, 0.3) is 0 Å². The molecule has 1 saturated heterocycles. The van der Waals surface area contributed by atoms with Crippen LogP contribution in [0.4, 0.5) is 5.69 Å². The van der Waals surface area contributed by atoms with Crippen LogP contribution in [0.2, 0.25) is 5.02 Å². The Labute approximate surface area is 189 Å². The van der Waals surface area contributed by atoms with Crippen molar-refractivity contribution in [1.82, 2.24) is 4.90 Å². The first kappa shape index (κ1) is 24.2. The Hall–Kier alpha value is -3.10. The highest BCUT2D eigenvalue weighted by Crippen LogP contribution is 2.32. The van der Waals surface area contributed by atoms with Gasteiger partial charge in [0.05, 0.1) is 10.6 Å².